The lowest BCUT2D eigenvalue weighted by atomic mass is 10.1. The fourth-order valence-corrected chi connectivity index (χ4v) is 5.55. The molecule has 3 atom stereocenters. The van der Waals surface area contributed by atoms with Gasteiger partial charge in [-0.1, -0.05) is 0 Å². The van der Waals surface area contributed by atoms with Crippen LogP contribution in [0.1, 0.15) is 30.9 Å². The molecule has 1 aliphatic carbocycles. The molecule has 0 saturated carbocycles. The molecule has 2 saturated heterocycles. The first-order chi connectivity index (χ1) is 19.3. The van der Waals surface area contributed by atoms with E-state index in [2.05, 4.69) is 30.8 Å². The molecule has 1 aromatic carbocycles. The average molecular weight is 554 g/mol. The highest BCUT2D eigenvalue weighted by molar-refractivity contribution is 5.95. The van der Waals surface area contributed by atoms with Crippen molar-refractivity contribution in [2.45, 2.75) is 44.8 Å². The van der Waals surface area contributed by atoms with Gasteiger partial charge in [-0.05, 0) is 74.9 Å². The highest BCUT2D eigenvalue weighted by Gasteiger charge is 2.34. The molecule has 0 bridgehead atoms. The molecule has 3 N–H and O–H groups in total. The van der Waals surface area contributed by atoms with E-state index in [0.29, 0.717) is 43.7 Å². The first-order valence-electron chi connectivity index (χ1n) is 13.7. The second-order valence-corrected chi connectivity index (χ2v) is 10.8. The van der Waals surface area contributed by atoms with Crippen molar-refractivity contribution in [1.82, 2.24) is 20.2 Å². The number of carbonyl (C=O) groups excluding carboxylic acids is 3. The van der Waals surface area contributed by atoms with Crippen LogP contribution in [0, 0.1) is 11.7 Å². The molecule has 12 nitrogen and oxygen atoms in total. The Morgan fingerprint density at radius 2 is 2.12 bits per heavy atom. The van der Waals surface area contributed by atoms with Crippen LogP contribution in [0.25, 0.3) is 0 Å². The Bertz CT molecular complexity index is 1340. The summed E-state index contributed by atoms with van der Waals surface area (Å²) < 4.78 is 25.6. The molecule has 6 rings (SSSR count). The molecule has 2 unspecified atom stereocenters. The molecule has 13 heteroatoms. The highest BCUT2D eigenvalue weighted by Crippen LogP contribution is 2.32. The summed E-state index contributed by atoms with van der Waals surface area (Å²) in [5, 5.41) is 8.87. The number of hydrogen-bond donors (Lipinski definition) is 3. The molecule has 2 aromatic rings. The zero-order valence-corrected chi connectivity index (χ0v) is 22.2. The first kappa shape index (κ1) is 26.4. The van der Waals surface area contributed by atoms with Crippen molar-refractivity contribution in [3.05, 3.63) is 35.3 Å². The third-order valence-corrected chi connectivity index (χ3v) is 7.93. The lowest BCUT2D eigenvalue weighted by Gasteiger charge is -2.35. The van der Waals surface area contributed by atoms with Gasteiger partial charge in [0.05, 0.1) is 18.8 Å². The second kappa shape index (κ2) is 11.0. The van der Waals surface area contributed by atoms with Crippen molar-refractivity contribution >= 4 is 35.2 Å². The number of likely N-dealkylation sites (tertiary alicyclic amines) is 1. The van der Waals surface area contributed by atoms with Gasteiger partial charge in [0.2, 0.25) is 5.91 Å². The predicted octanol–water partition coefficient (Wildman–Crippen LogP) is 1.70. The Balaban J connectivity index is 0.961. The van der Waals surface area contributed by atoms with Crippen molar-refractivity contribution in [3.8, 4) is 5.88 Å². The van der Waals surface area contributed by atoms with Gasteiger partial charge < -0.3 is 25.4 Å². The number of anilines is 3. The molecule has 0 spiro atoms. The van der Waals surface area contributed by atoms with Crippen LogP contribution in [0.2, 0.25) is 0 Å². The summed E-state index contributed by atoms with van der Waals surface area (Å²) in [6.45, 7) is 5.22. The SMILES string of the molecule is CC(C(=O)Nc1cc(F)c2c(c1)CC(CNCC[C@@H]1CN(c3cnc4c(n3)NC(=O)CO4)C(=O)O1)C2)N1CCC1. The number of benzene rings is 1. The van der Waals surface area contributed by atoms with Crippen LogP contribution in [-0.4, -0.2) is 84.3 Å². The fourth-order valence-electron chi connectivity index (χ4n) is 5.55. The van der Waals surface area contributed by atoms with Gasteiger partial charge >= 0.3 is 6.09 Å². The summed E-state index contributed by atoms with van der Waals surface area (Å²) in [4.78, 5) is 48.4. The Kier molecular flexibility index (Phi) is 7.24. The number of nitrogens with zero attached hydrogens (tertiary/aromatic N) is 4. The maximum atomic E-state index is 14.9. The molecular formula is C27H32FN7O5. The maximum Gasteiger partial charge on any atom is 0.415 e. The van der Waals surface area contributed by atoms with E-state index in [4.69, 9.17) is 9.47 Å². The van der Waals surface area contributed by atoms with E-state index in [1.165, 1.54) is 17.2 Å². The number of halogens is 1. The van der Waals surface area contributed by atoms with E-state index in [0.717, 1.165) is 31.5 Å². The van der Waals surface area contributed by atoms with Crippen molar-refractivity contribution < 1.29 is 28.2 Å². The molecule has 3 amide bonds. The van der Waals surface area contributed by atoms with E-state index >= 15 is 0 Å². The largest absolute Gasteiger partial charge is 0.465 e. The zero-order valence-electron chi connectivity index (χ0n) is 22.2. The quantitative estimate of drug-likeness (QED) is 0.396. The molecule has 0 radical (unpaired) electrons. The smallest absolute Gasteiger partial charge is 0.415 e. The van der Waals surface area contributed by atoms with Gasteiger partial charge in [0, 0.05) is 18.8 Å². The van der Waals surface area contributed by atoms with Gasteiger partial charge in [0.15, 0.2) is 18.2 Å². The number of aromatic nitrogens is 2. The number of amides is 3. The number of cyclic esters (lactones) is 1. The van der Waals surface area contributed by atoms with E-state index in [9.17, 15) is 18.8 Å². The lowest BCUT2D eigenvalue weighted by Crippen LogP contribution is -2.49. The molecule has 1 aromatic heterocycles. The molecule has 4 aliphatic rings. The number of nitrogens with one attached hydrogen (secondary N) is 3. The average Bonchev–Trinajstić information content (AvgIpc) is 3.48. The van der Waals surface area contributed by atoms with Gasteiger partial charge in [-0.3, -0.25) is 19.4 Å². The van der Waals surface area contributed by atoms with E-state index in [1.54, 1.807) is 0 Å². The van der Waals surface area contributed by atoms with Crippen LogP contribution >= 0.6 is 0 Å². The Morgan fingerprint density at radius 1 is 1.27 bits per heavy atom. The van der Waals surface area contributed by atoms with Crippen LogP contribution in [0.5, 0.6) is 5.88 Å². The number of rotatable bonds is 9. The Morgan fingerprint density at radius 3 is 2.92 bits per heavy atom. The molecule has 3 aliphatic heterocycles. The van der Waals surface area contributed by atoms with Crippen LogP contribution in [0.15, 0.2) is 18.3 Å². The maximum absolute atomic E-state index is 14.9. The van der Waals surface area contributed by atoms with Crippen LogP contribution in [-0.2, 0) is 27.2 Å². The van der Waals surface area contributed by atoms with Crippen LogP contribution < -0.4 is 25.6 Å². The summed E-state index contributed by atoms with van der Waals surface area (Å²) in [6, 6.07) is 3.09. The summed E-state index contributed by atoms with van der Waals surface area (Å²) in [6.07, 6.45) is 3.63. The number of carbonyl (C=O) groups is 3. The van der Waals surface area contributed by atoms with Gasteiger partial charge in [-0.25, -0.2) is 19.2 Å². The minimum atomic E-state index is -0.522. The minimum Gasteiger partial charge on any atom is -0.465 e. The normalized spacial score (nSPS) is 22.5. The monoisotopic (exact) mass is 553 g/mol. The summed E-state index contributed by atoms with van der Waals surface area (Å²) >= 11 is 0. The predicted molar refractivity (Wildman–Crippen MR) is 143 cm³/mol. The number of ether oxygens (including phenoxy) is 2. The zero-order chi connectivity index (χ0) is 27.8. The standard InChI is InChI=1S/C27H32FN7O5/c1-15(34-5-2-6-34)25(37)31-18-9-17-7-16(8-20(17)21(28)10-18)11-29-4-3-19-13-35(27(38)40-19)22-12-30-26-24(32-22)33-23(36)14-39-26/h9-10,12,15-16,19,29H,2-8,11,13-14H2,1H3,(H,31,37)(H,32,33,36)/t15?,16?,19-/m1/s1. The number of hydrogen-bond acceptors (Lipinski definition) is 9. The topological polar surface area (TPSA) is 138 Å². The summed E-state index contributed by atoms with van der Waals surface area (Å²) in [5.74, 6) is 0.184. The minimum absolute atomic E-state index is 0.110. The number of fused-ring (bicyclic) bond motifs is 2. The van der Waals surface area contributed by atoms with E-state index in [1.807, 2.05) is 13.0 Å². The third kappa shape index (κ3) is 5.43. The Labute approximate surface area is 230 Å². The van der Waals surface area contributed by atoms with E-state index < -0.39 is 6.09 Å². The van der Waals surface area contributed by atoms with Crippen molar-refractivity contribution in [3.63, 3.8) is 0 Å². The van der Waals surface area contributed by atoms with Gasteiger partial charge in [-0.15, -0.1) is 0 Å². The second-order valence-electron chi connectivity index (χ2n) is 10.8. The fraction of sp³-hybridized carbons (Fsp3) is 0.519. The van der Waals surface area contributed by atoms with Crippen molar-refractivity contribution in [2.24, 2.45) is 5.92 Å². The van der Waals surface area contributed by atoms with E-state index in [-0.39, 0.29) is 59.8 Å². The van der Waals surface area contributed by atoms with Gasteiger partial charge in [0.25, 0.3) is 11.8 Å². The van der Waals surface area contributed by atoms with Crippen LogP contribution in [0.4, 0.5) is 26.5 Å². The molecule has 2 fully saturated rings. The van der Waals surface area contributed by atoms with Gasteiger partial charge in [0.1, 0.15) is 11.9 Å². The van der Waals surface area contributed by atoms with Crippen molar-refractivity contribution in [2.75, 3.05) is 54.9 Å². The first-order valence-corrected chi connectivity index (χ1v) is 13.7. The Hall–Kier alpha value is -3.84. The summed E-state index contributed by atoms with van der Waals surface area (Å²) in [7, 11) is 0. The molecule has 40 heavy (non-hydrogen) atoms. The van der Waals surface area contributed by atoms with Crippen LogP contribution in [0.3, 0.4) is 0 Å². The third-order valence-electron chi connectivity index (χ3n) is 7.93. The highest BCUT2D eigenvalue weighted by atomic mass is 19.1. The van der Waals surface area contributed by atoms with Gasteiger partial charge in [-0.2, -0.15) is 0 Å². The molecule has 212 valence electrons. The lowest BCUT2D eigenvalue weighted by molar-refractivity contribution is -0.122. The summed E-state index contributed by atoms with van der Waals surface area (Å²) in [5.41, 5.74) is 2.16. The van der Waals surface area contributed by atoms with Crippen molar-refractivity contribution in [1.29, 1.82) is 0 Å². The molecule has 4 heterocycles. The molecular weight excluding hydrogens is 521 g/mol.